The number of aliphatic hydroxyl groups is 2. The summed E-state index contributed by atoms with van der Waals surface area (Å²) in [7, 11) is 0. The van der Waals surface area contributed by atoms with Crippen molar-refractivity contribution in [2.45, 2.75) is 116 Å². The van der Waals surface area contributed by atoms with E-state index in [1.54, 1.807) is 5.57 Å². The Bertz CT molecular complexity index is 631. The maximum Gasteiger partial charge on any atom is 0.0481 e. The van der Waals surface area contributed by atoms with Crippen LogP contribution in [0.15, 0.2) is 23.8 Å². The normalized spacial score (nSPS) is 36.4. The second kappa shape index (κ2) is 13.6. The van der Waals surface area contributed by atoms with Crippen LogP contribution in [-0.4, -0.2) is 23.4 Å². The van der Waals surface area contributed by atoms with E-state index in [-0.39, 0.29) is 19.1 Å². The number of hydrogen-bond donors (Lipinski definition) is 2. The molecule has 3 saturated carbocycles. The van der Waals surface area contributed by atoms with Crippen LogP contribution < -0.4 is 0 Å². The van der Waals surface area contributed by atoms with Crippen LogP contribution in [0.4, 0.5) is 0 Å². The molecule has 3 fully saturated rings. The molecular weight excluding hydrogens is 416 g/mol. The van der Waals surface area contributed by atoms with E-state index in [0.717, 1.165) is 47.8 Å². The van der Waals surface area contributed by atoms with Gasteiger partial charge in [0.05, 0.1) is 0 Å². The van der Waals surface area contributed by atoms with Crippen molar-refractivity contribution < 1.29 is 10.2 Å². The second-order valence-corrected chi connectivity index (χ2v) is 12.7. The minimum atomic E-state index is 0.107. The van der Waals surface area contributed by atoms with Gasteiger partial charge in [-0.05, 0) is 118 Å². The maximum absolute atomic E-state index is 9.32. The zero-order valence-electron chi connectivity index (χ0n) is 22.2. The van der Waals surface area contributed by atoms with Crippen LogP contribution in [0, 0.1) is 47.3 Å². The molecule has 0 bridgehead atoms. The lowest BCUT2D eigenvalue weighted by atomic mass is 9.62. The predicted molar refractivity (Wildman–Crippen MR) is 143 cm³/mol. The van der Waals surface area contributed by atoms with E-state index in [9.17, 15) is 10.2 Å². The van der Waals surface area contributed by atoms with Crippen molar-refractivity contribution >= 4 is 0 Å². The van der Waals surface area contributed by atoms with E-state index in [1.807, 2.05) is 0 Å². The quantitative estimate of drug-likeness (QED) is 0.300. The lowest BCUT2D eigenvalue weighted by molar-refractivity contribution is 0.0937. The van der Waals surface area contributed by atoms with Gasteiger partial charge in [-0.2, -0.15) is 0 Å². The average molecular weight is 471 g/mol. The SMILES string of the molecule is CCCCCC1=CC2CCC(C3CCC(C4CCC(CCC(CO)CO)CC4)CC3)CC2C=C1. The Labute approximate surface area is 210 Å². The fourth-order valence-corrected chi connectivity index (χ4v) is 8.19. The number of hydrogen-bond acceptors (Lipinski definition) is 2. The van der Waals surface area contributed by atoms with Crippen molar-refractivity contribution in [3.8, 4) is 0 Å². The molecule has 0 spiro atoms. The first-order valence-electron chi connectivity index (χ1n) is 15.3. The summed E-state index contributed by atoms with van der Waals surface area (Å²) in [4.78, 5) is 0. The monoisotopic (exact) mass is 470 g/mol. The van der Waals surface area contributed by atoms with E-state index >= 15 is 0 Å². The third-order valence-corrected chi connectivity index (χ3v) is 10.6. The van der Waals surface area contributed by atoms with Gasteiger partial charge in [-0.1, -0.05) is 62.8 Å². The Morgan fingerprint density at radius 1 is 0.765 bits per heavy atom. The van der Waals surface area contributed by atoms with E-state index in [2.05, 4.69) is 25.2 Å². The average Bonchev–Trinajstić information content (AvgIpc) is 2.89. The number of rotatable bonds is 11. The Kier molecular flexibility index (Phi) is 10.6. The molecule has 4 rings (SSSR count). The molecule has 34 heavy (non-hydrogen) atoms. The molecule has 4 aliphatic rings. The molecule has 194 valence electrons. The van der Waals surface area contributed by atoms with Gasteiger partial charge in [0.1, 0.15) is 0 Å². The van der Waals surface area contributed by atoms with Crippen LogP contribution in [0.1, 0.15) is 116 Å². The third kappa shape index (κ3) is 7.22. The third-order valence-electron chi connectivity index (χ3n) is 10.6. The maximum atomic E-state index is 9.32. The summed E-state index contributed by atoms with van der Waals surface area (Å²) in [5.41, 5.74) is 1.63. The summed E-state index contributed by atoms with van der Waals surface area (Å²) >= 11 is 0. The molecule has 3 unspecified atom stereocenters. The molecule has 2 heteroatoms. The summed E-state index contributed by atoms with van der Waals surface area (Å²) < 4.78 is 0. The molecule has 0 aromatic heterocycles. The first kappa shape index (κ1) is 26.5. The first-order chi connectivity index (χ1) is 16.7. The fourth-order valence-electron chi connectivity index (χ4n) is 8.19. The van der Waals surface area contributed by atoms with E-state index in [1.165, 1.54) is 103 Å². The van der Waals surface area contributed by atoms with E-state index in [4.69, 9.17) is 0 Å². The Hall–Kier alpha value is -0.600. The fraction of sp³-hybridized carbons (Fsp3) is 0.875. The molecule has 0 aromatic rings. The van der Waals surface area contributed by atoms with Gasteiger partial charge in [0.25, 0.3) is 0 Å². The lowest BCUT2D eigenvalue weighted by Crippen LogP contribution is -2.32. The predicted octanol–water partition coefficient (Wildman–Crippen LogP) is 8.09. The molecule has 4 aliphatic carbocycles. The van der Waals surface area contributed by atoms with Crippen LogP contribution in [0.2, 0.25) is 0 Å². The van der Waals surface area contributed by atoms with Gasteiger partial charge in [-0.3, -0.25) is 0 Å². The number of allylic oxidation sites excluding steroid dienone is 4. The Balaban J connectivity index is 1.15. The van der Waals surface area contributed by atoms with Crippen molar-refractivity contribution in [1.82, 2.24) is 0 Å². The molecule has 0 aromatic carbocycles. The molecule has 0 aliphatic heterocycles. The van der Waals surface area contributed by atoms with Crippen molar-refractivity contribution in [3.63, 3.8) is 0 Å². The van der Waals surface area contributed by atoms with Gasteiger partial charge in [0, 0.05) is 19.1 Å². The number of aliphatic hydroxyl groups excluding tert-OH is 2. The van der Waals surface area contributed by atoms with Crippen molar-refractivity contribution in [2.24, 2.45) is 47.3 Å². The summed E-state index contributed by atoms with van der Waals surface area (Å²) in [5, 5.41) is 18.6. The zero-order chi connectivity index (χ0) is 23.8. The summed E-state index contributed by atoms with van der Waals surface area (Å²) in [6.45, 7) is 2.59. The molecular formula is C32H54O2. The minimum absolute atomic E-state index is 0.107. The van der Waals surface area contributed by atoms with Crippen molar-refractivity contribution in [3.05, 3.63) is 23.8 Å². The largest absolute Gasteiger partial charge is 0.396 e. The highest BCUT2D eigenvalue weighted by Gasteiger charge is 2.37. The van der Waals surface area contributed by atoms with Gasteiger partial charge in [-0.15, -0.1) is 0 Å². The molecule has 2 N–H and O–H groups in total. The molecule has 0 amide bonds. The van der Waals surface area contributed by atoms with Crippen molar-refractivity contribution in [2.75, 3.05) is 13.2 Å². The standard InChI is InChI=1S/C32H54O2/c1-2-3-4-5-25-10-13-32-21-31(19-18-30(32)20-25)29-16-14-28(15-17-29)27-11-8-24(9-12-27)6-7-26(22-33)23-34/h10,13,20,24,26-34H,2-9,11-12,14-19,21-23H2,1H3. The molecule has 0 heterocycles. The second-order valence-electron chi connectivity index (χ2n) is 12.7. The van der Waals surface area contributed by atoms with Crippen LogP contribution >= 0.6 is 0 Å². The molecule has 0 radical (unpaired) electrons. The van der Waals surface area contributed by atoms with Crippen LogP contribution in [0.3, 0.4) is 0 Å². The van der Waals surface area contributed by atoms with Crippen LogP contribution in [0.5, 0.6) is 0 Å². The Morgan fingerprint density at radius 3 is 2.03 bits per heavy atom. The van der Waals surface area contributed by atoms with Gasteiger partial charge >= 0.3 is 0 Å². The molecule has 0 saturated heterocycles. The molecule has 2 nitrogen and oxygen atoms in total. The summed E-state index contributed by atoms with van der Waals surface area (Å²) in [5.74, 6) is 6.60. The van der Waals surface area contributed by atoms with Gasteiger partial charge in [0.2, 0.25) is 0 Å². The van der Waals surface area contributed by atoms with Gasteiger partial charge in [-0.25, -0.2) is 0 Å². The van der Waals surface area contributed by atoms with Crippen LogP contribution in [-0.2, 0) is 0 Å². The highest BCUT2D eigenvalue weighted by molar-refractivity contribution is 5.26. The topological polar surface area (TPSA) is 40.5 Å². The molecule has 3 atom stereocenters. The summed E-state index contributed by atoms with van der Waals surface area (Å²) in [6, 6.07) is 0. The number of fused-ring (bicyclic) bond motifs is 1. The Morgan fingerprint density at radius 2 is 1.38 bits per heavy atom. The van der Waals surface area contributed by atoms with Crippen LogP contribution in [0.25, 0.3) is 0 Å². The smallest absolute Gasteiger partial charge is 0.0481 e. The van der Waals surface area contributed by atoms with E-state index in [0.29, 0.717) is 0 Å². The first-order valence-corrected chi connectivity index (χ1v) is 15.3. The van der Waals surface area contributed by atoms with Gasteiger partial charge < -0.3 is 10.2 Å². The lowest BCUT2D eigenvalue weighted by Gasteiger charge is -2.43. The summed E-state index contributed by atoms with van der Waals surface area (Å²) in [6.07, 6.45) is 31.4. The number of unbranched alkanes of at least 4 members (excludes halogenated alkanes) is 2. The minimum Gasteiger partial charge on any atom is -0.396 e. The van der Waals surface area contributed by atoms with Gasteiger partial charge in [0.15, 0.2) is 0 Å². The highest BCUT2D eigenvalue weighted by Crippen LogP contribution is 2.48. The van der Waals surface area contributed by atoms with E-state index < -0.39 is 0 Å². The zero-order valence-corrected chi connectivity index (χ0v) is 22.2. The van der Waals surface area contributed by atoms with Crippen molar-refractivity contribution in [1.29, 1.82) is 0 Å². The highest BCUT2D eigenvalue weighted by atomic mass is 16.3.